The SMILES string of the molecule is CC(C)c1nnc(C(C)C)n1C.CC(C)c1noc(C(C)C)n1.CC(C)c1noc(C(C)C)n1.CC(C)c1nsc(C(C)C)n1.CC(C)c1nsc(C(C)C)n1.Cc1nc(C(C)C)oc1C(C)C.Cc1nc(C(C)C)oc1C(C)C.Cc1nc(C(C)C)sc1C(C)C.Cc1nc(C(C)C)sc1C(C)C.Cc1oc(C(C)C)nc1C(C)C.Cc1sc(C(C)C)nc1C(C)C.Cc1sc(C(C)C)nc1C(C)C. The van der Waals surface area contributed by atoms with E-state index in [2.05, 4.69) is 421 Å². The lowest BCUT2D eigenvalue weighted by molar-refractivity contribution is 0.359. The van der Waals surface area contributed by atoms with Gasteiger partial charge >= 0.3 is 0 Å². The third-order valence-electron chi connectivity index (χ3n) is 21.0. The van der Waals surface area contributed by atoms with Gasteiger partial charge in [-0.05, 0) is 101 Å². The summed E-state index contributed by atoms with van der Waals surface area (Å²) in [6.45, 7) is 117. The predicted octanol–water partition coefficient (Wildman–Crippen LogP) is 36.7. The average molecular weight is 2050 g/mol. The molecule has 0 atom stereocenters. The zero-order chi connectivity index (χ0) is 108. The van der Waals surface area contributed by atoms with Crippen LogP contribution in [0.3, 0.4) is 0 Å². The molecule has 792 valence electrons. The highest BCUT2D eigenvalue weighted by Gasteiger charge is 2.23. The molecule has 0 fully saturated rings. The number of hydrogen-bond donors (Lipinski definition) is 0. The van der Waals surface area contributed by atoms with Crippen molar-refractivity contribution in [2.75, 3.05) is 0 Å². The predicted molar refractivity (Wildman–Crippen MR) is 599 cm³/mol. The van der Waals surface area contributed by atoms with Crippen molar-refractivity contribution in [3.05, 3.63) is 171 Å². The van der Waals surface area contributed by atoms with E-state index in [0.717, 1.165) is 109 Å². The summed E-state index contributed by atoms with van der Waals surface area (Å²) >= 11 is 10.5. The first-order valence-electron chi connectivity index (χ1n) is 51.7. The molecular formula is C111H192N18O5S6. The minimum Gasteiger partial charge on any atom is -0.445 e. The Hall–Kier alpha value is -7.31. The molecule has 0 saturated heterocycles. The van der Waals surface area contributed by atoms with E-state index < -0.39 is 0 Å². The smallest absolute Gasteiger partial charge is 0.229 e. The van der Waals surface area contributed by atoms with E-state index in [1.54, 1.807) is 0 Å². The van der Waals surface area contributed by atoms with Gasteiger partial charge in [-0.2, -0.15) is 18.7 Å². The highest BCUT2D eigenvalue weighted by Crippen LogP contribution is 2.36. The molecule has 140 heavy (non-hydrogen) atoms. The van der Waals surface area contributed by atoms with Crippen LogP contribution >= 0.6 is 68.4 Å². The summed E-state index contributed by atoms with van der Waals surface area (Å²) in [6, 6.07) is 0. The maximum absolute atomic E-state index is 5.63. The summed E-state index contributed by atoms with van der Waals surface area (Å²) in [4.78, 5) is 54.5. The second-order valence-electron chi connectivity index (χ2n) is 43.6. The Morgan fingerprint density at radius 2 is 0.486 bits per heavy atom. The van der Waals surface area contributed by atoms with Crippen LogP contribution in [-0.4, -0.2) is 88.6 Å². The van der Waals surface area contributed by atoms with Crippen molar-refractivity contribution in [3.8, 4) is 0 Å². The summed E-state index contributed by atoms with van der Waals surface area (Å²) in [5.41, 5.74) is 8.17. The standard InChI is InChI=1S/3C10H17NO.4C10H17NS.C9H17N3.2C8H14N2O.2C8H14N2S/c1-6(2)9-8(5)12-10(11-9)7(3)4;2*1-6(2)9-8(5)11-10(12-9)7(3)4;2*1-6(2)9-8(5)12-10(11-9)7(3)4;2*1-6(2)9-8(5)11-10(12-9)7(3)4;1-6(2)8-10-11-9(7(3)4)12(8)5;4*1-5(2)7-9-8(6(3)4)11-10-7/h8*6-7H,1-5H3;4*5-6H,1-4H3. The van der Waals surface area contributed by atoms with E-state index in [9.17, 15) is 0 Å². The zero-order valence-electron chi connectivity index (χ0n) is 97.9. The number of thiazole rings is 4. The average Bonchev–Trinajstić information content (AvgIpc) is 1.71. The van der Waals surface area contributed by atoms with Crippen LogP contribution in [0.15, 0.2) is 22.3 Å². The van der Waals surface area contributed by atoms with E-state index in [0.29, 0.717) is 142 Å². The lowest BCUT2D eigenvalue weighted by Gasteiger charge is -2.07. The summed E-state index contributed by atoms with van der Waals surface area (Å²) in [5, 5.41) is 23.4. The summed E-state index contributed by atoms with van der Waals surface area (Å²) in [6.07, 6.45) is 0. The largest absolute Gasteiger partial charge is 0.445 e. The third kappa shape index (κ3) is 44.7. The van der Waals surface area contributed by atoms with E-state index >= 15 is 0 Å². The van der Waals surface area contributed by atoms with Crippen molar-refractivity contribution in [2.45, 2.75) is 523 Å². The van der Waals surface area contributed by atoms with Gasteiger partial charge in [0.1, 0.15) is 50.6 Å². The quantitative estimate of drug-likeness (QED) is 0.0543. The van der Waals surface area contributed by atoms with E-state index in [4.69, 9.17) is 22.3 Å². The van der Waals surface area contributed by atoms with Gasteiger partial charge in [0.25, 0.3) is 0 Å². The van der Waals surface area contributed by atoms with Crippen LogP contribution in [0.5, 0.6) is 0 Å². The van der Waals surface area contributed by atoms with E-state index in [-0.39, 0.29) is 0 Å². The van der Waals surface area contributed by atoms with Gasteiger partial charge in [0.15, 0.2) is 29.3 Å². The molecular weight excluding hydrogens is 1860 g/mol. The maximum Gasteiger partial charge on any atom is 0.229 e. The fourth-order valence-corrected chi connectivity index (χ4v) is 18.6. The van der Waals surface area contributed by atoms with E-state index in [1.807, 2.05) is 101 Å². The molecule has 23 nitrogen and oxygen atoms in total. The molecule has 0 N–H and O–H groups in total. The number of rotatable bonds is 24. The molecule has 0 spiro atoms. The van der Waals surface area contributed by atoms with Crippen LogP contribution in [-0.2, 0) is 7.05 Å². The van der Waals surface area contributed by atoms with Crippen LogP contribution in [0.1, 0.15) is 645 Å². The Morgan fingerprint density at radius 3 is 0.629 bits per heavy atom. The van der Waals surface area contributed by atoms with Gasteiger partial charge in [-0.15, -0.1) is 55.5 Å². The van der Waals surface area contributed by atoms with Crippen LogP contribution in [0.2, 0.25) is 0 Å². The molecule has 0 radical (unpaired) electrons. The van der Waals surface area contributed by atoms with Crippen molar-refractivity contribution >= 4 is 68.4 Å². The minimum atomic E-state index is 0.329. The Kier molecular flexibility index (Phi) is 59.0. The number of nitrogens with zero attached hydrogens (tertiary/aromatic N) is 18. The van der Waals surface area contributed by atoms with Crippen molar-refractivity contribution in [1.29, 1.82) is 0 Å². The molecule has 0 saturated carbocycles. The normalized spacial score (nSPS) is 11.5. The highest BCUT2D eigenvalue weighted by molar-refractivity contribution is 7.12. The fraction of sp³-hybridized carbons (Fsp3) is 0.721. The van der Waals surface area contributed by atoms with Crippen LogP contribution in [0.4, 0.5) is 0 Å². The number of oxazole rings is 3. The molecule has 0 bridgehead atoms. The van der Waals surface area contributed by atoms with Crippen molar-refractivity contribution in [1.82, 2.24) is 88.6 Å². The Labute approximate surface area is 873 Å². The van der Waals surface area contributed by atoms with Gasteiger partial charge < -0.3 is 26.9 Å². The molecule has 29 heteroatoms. The highest BCUT2D eigenvalue weighted by atomic mass is 32.1. The first-order valence-corrected chi connectivity index (χ1v) is 56.5. The lowest BCUT2D eigenvalue weighted by atomic mass is 10.1. The van der Waals surface area contributed by atoms with Gasteiger partial charge in [-0.25, -0.2) is 44.9 Å². The van der Waals surface area contributed by atoms with Crippen molar-refractivity contribution in [3.63, 3.8) is 0 Å². The Balaban J connectivity index is 0.000000764. The van der Waals surface area contributed by atoms with Gasteiger partial charge in [-0.1, -0.05) is 343 Å². The molecule has 0 aromatic carbocycles. The van der Waals surface area contributed by atoms with Gasteiger partial charge in [-0.3, -0.25) is 0 Å². The molecule has 12 aromatic heterocycles. The number of aromatic nitrogens is 18. The molecule has 0 aliphatic carbocycles. The van der Waals surface area contributed by atoms with Crippen LogP contribution in [0.25, 0.3) is 0 Å². The minimum absolute atomic E-state index is 0.329. The van der Waals surface area contributed by atoms with Crippen molar-refractivity contribution < 1.29 is 22.3 Å². The van der Waals surface area contributed by atoms with Crippen LogP contribution in [0, 0.1) is 48.5 Å². The van der Waals surface area contributed by atoms with Gasteiger partial charge in [0.2, 0.25) is 11.8 Å². The second-order valence-corrected chi connectivity index (χ2v) is 49.8. The Morgan fingerprint density at radius 1 is 0.214 bits per heavy atom. The summed E-state index contributed by atoms with van der Waals surface area (Å²) < 4.78 is 37.5. The van der Waals surface area contributed by atoms with E-state index in [1.165, 1.54) is 85.4 Å². The third-order valence-corrected chi connectivity index (χ3v) is 29.1. The van der Waals surface area contributed by atoms with Crippen LogP contribution < -0.4 is 0 Å². The maximum atomic E-state index is 5.63. The Bertz CT molecular complexity index is 4460. The molecule has 0 aliphatic rings. The first kappa shape index (κ1) is 131. The molecule has 12 heterocycles. The number of hydrogen-bond acceptors (Lipinski definition) is 28. The second kappa shape index (κ2) is 63.2. The van der Waals surface area contributed by atoms with Gasteiger partial charge in [0.05, 0.1) is 59.9 Å². The van der Waals surface area contributed by atoms with Gasteiger partial charge in [0, 0.05) is 139 Å². The first-order chi connectivity index (χ1) is 64.6. The summed E-state index contributed by atoms with van der Waals surface area (Å²) in [5.74, 6) is 24.1. The monoisotopic (exact) mass is 2050 g/mol. The molecule has 12 rings (SSSR count). The fourth-order valence-electron chi connectivity index (χ4n) is 12.7. The zero-order valence-corrected chi connectivity index (χ0v) is 103. The molecule has 12 aromatic rings. The molecule has 0 unspecified atom stereocenters. The molecule has 0 amide bonds. The van der Waals surface area contributed by atoms with Crippen molar-refractivity contribution in [2.24, 2.45) is 7.05 Å². The topological polar surface area (TPSA) is 290 Å². The summed E-state index contributed by atoms with van der Waals surface area (Å²) in [7, 11) is 2.03. The molecule has 0 aliphatic heterocycles. The number of aryl methyl sites for hydroxylation is 7. The lowest BCUT2D eigenvalue weighted by Crippen LogP contribution is -2.04.